The number of amides is 1. The molecule has 1 amide bonds. The van der Waals surface area contributed by atoms with Gasteiger partial charge in [-0.25, -0.2) is 0 Å². The van der Waals surface area contributed by atoms with Crippen molar-refractivity contribution in [3.8, 4) is 23.3 Å². The van der Waals surface area contributed by atoms with Gasteiger partial charge in [-0.15, -0.1) is 0 Å². The minimum atomic E-state index is -0.0848. The molecule has 0 radical (unpaired) electrons. The molecule has 0 N–H and O–H groups in total. The van der Waals surface area contributed by atoms with Crippen LogP contribution < -0.4 is 9.47 Å². The third-order valence-electron chi connectivity index (χ3n) is 6.15. The zero-order valence-corrected chi connectivity index (χ0v) is 20.8. The van der Waals surface area contributed by atoms with Crippen molar-refractivity contribution in [2.45, 2.75) is 45.4 Å². The Bertz CT molecular complexity index is 997. The van der Waals surface area contributed by atoms with Crippen molar-refractivity contribution in [1.82, 2.24) is 9.80 Å². The van der Waals surface area contributed by atoms with Gasteiger partial charge in [-0.2, -0.15) is 0 Å². The summed E-state index contributed by atoms with van der Waals surface area (Å²) in [6, 6.07) is 13.8. The van der Waals surface area contributed by atoms with Crippen LogP contribution in [0.2, 0.25) is 0 Å². The molecule has 0 spiro atoms. The number of hydrogen-bond donors (Lipinski definition) is 0. The SMILES string of the molecule is CCN1CCC[C@@H]1N(C)C(=O)c1cc(C#CCCCOCc2ccccc2)cc(OC)c1OC. The van der Waals surface area contributed by atoms with Crippen LogP contribution in [0.3, 0.4) is 0 Å². The van der Waals surface area contributed by atoms with E-state index in [9.17, 15) is 4.79 Å². The molecule has 0 aliphatic carbocycles. The van der Waals surface area contributed by atoms with Gasteiger partial charge in [-0.1, -0.05) is 49.1 Å². The van der Waals surface area contributed by atoms with Crippen LogP contribution in [0.15, 0.2) is 42.5 Å². The quantitative estimate of drug-likeness (QED) is 0.381. The second kappa shape index (κ2) is 13.0. The molecule has 0 bridgehead atoms. The molecule has 1 heterocycles. The Balaban J connectivity index is 1.65. The smallest absolute Gasteiger partial charge is 0.258 e. The number of methoxy groups -OCH3 is 2. The van der Waals surface area contributed by atoms with Gasteiger partial charge >= 0.3 is 0 Å². The average Bonchev–Trinajstić information content (AvgIpc) is 3.36. The van der Waals surface area contributed by atoms with Gasteiger partial charge in [-0.3, -0.25) is 9.69 Å². The molecule has 3 rings (SSSR count). The molecule has 0 saturated carbocycles. The highest BCUT2D eigenvalue weighted by molar-refractivity contribution is 5.98. The van der Waals surface area contributed by atoms with Crippen LogP contribution in [0.5, 0.6) is 11.5 Å². The van der Waals surface area contributed by atoms with Gasteiger partial charge < -0.3 is 19.1 Å². The summed E-state index contributed by atoms with van der Waals surface area (Å²) in [5, 5.41) is 0. The van der Waals surface area contributed by atoms with E-state index in [1.54, 1.807) is 14.2 Å². The second-order valence-corrected chi connectivity index (χ2v) is 8.37. The summed E-state index contributed by atoms with van der Waals surface area (Å²) in [5.41, 5.74) is 2.38. The Kier molecular flexibility index (Phi) is 9.81. The lowest BCUT2D eigenvalue weighted by molar-refractivity contribution is 0.0544. The van der Waals surface area contributed by atoms with Crippen molar-refractivity contribution < 1.29 is 19.0 Å². The van der Waals surface area contributed by atoms with E-state index in [0.29, 0.717) is 36.7 Å². The summed E-state index contributed by atoms with van der Waals surface area (Å²) in [5.74, 6) is 7.25. The van der Waals surface area contributed by atoms with Crippen LogP contribution >= 0.6 is 0 Å². The maximum atomic E-state index is 13.5. The maximum absolute atomic E-state index is 13.5. The van der Waals surface area contributed by atoms with E-state index in [4.69, 9.17) is 14.2 Å². The lowest BCUT2D eigenvalue weighted by Gasteiger charge is -2.32. The lowest BCUT2D eigenvalue weighted by atomic mass is 10.1. The van der Waals surface area contributed by atoms with Gasteiger partial charge in [0.15, 0.2) is 11.5 Å². The molecule has 34 heavy (non-hydrogen) atoms. The summed E-state index contributed by atoms with van der Waals surface area (Å²) in [6.07, 6.45) is 3.72. The Morgan fingerprint density at radius 1 is 1.18 bits per heavy atom. The van der Waals surface area contributed by atoms with Crippen molar-refractivity contribution >= 4 is 5.91 Å². The van der Waals surface area contributed by atoms with Gasteiger partial charge in [-0.05, 0) is 43.5 Å². The van der Waals surface area contributed by atoms with Crippen molar-refractivity contribution in [3.63, 3.8) is 0 Å². The summed E-state index contributed by atoms with van der Waals surface area (Å²) in [6.45, 7) is 5.32. The molecular formula is C28H36N2O4. The number of rotatable bonds is 10. The van der Waals surface area contributed by atoms with Gasteiger partial charge in [0.25, 0.3) is 5.91 Å². The predicted molar refractivity (Wildman–Crippen MR) is 134 cm³/mol. The van der Waals surface area contributed by atoms with Crippen molar-refractivity contribution in [3.05, 3.63) is 59.2 Å². The Morgan fingerprint density at radius 3 is 2.68 bits per heavy atom. The summed E-state index contributed by atoms with van der Waals surface area (Å²) >= 11 is 0. The third kappa shape index (κ3) is 6.53. The number of benzene rings is 2. The number of ether oxygens (including phenoxy) is 3. The molecule has 0 unspecified atom stereocenters. The molecule has 0 aromatic heterocycles. The molecule has 1 atom stereocenters. The number of unbranched alkanes of at least 4 members (excludes halogenated alkanes) is 1. The van der Waals surface area contributed by atoms with Gasteiger partial charge in [0.2, 0.25) is 0 Å². The zero-order valence-electron chi connectivity index (χ0n) is 20.8. The van der Waals surface area contributed by atoms with Crippen LogP contribution in [-0.4, -0.2) is 62.8 Å². The first-order valence-electron chi connectivity index (χ1n) is 12.0. The van der Waals surface area contributed by atoms with Gasteiger partial charge in [0.1, 0.15) is 0 Å². The van der Waals surface area contributed by atoms with Crippen LogP contribution in [-0.2, 0) is 11.3 Å². The number of carbonyl (C=O) groups excluding carboxylic acids is 1. The number of carbonyl (C=O) groups is 1. The minimum Gasteiger partial charge on any atom is -0.493 e. The van der Waals surface area contributed by atoms with Crippen molar-refractivity contribution in [2.24, 2.45) is 0 Å². The van der Waals surface area contributed by atoms with E-state index in [1.807, 2.05) is 42.3 Å². The first-order valence-corrected chi connectivity index (χ1v) is 12.0. The van der Waals surface area contributed by atoms with Crippen molar-refractivity contribution in [2.75, 3.05) is 41.0 Å². The van der Waals surface area contributed by atoms with E-state index >= 15 is 0 Å². The molecule has 2 aromatic carbocycles. The molecule has 6 nitrogen and oxygen atoms in total. The maximum Gasteiger partial charge on any atom is 0.258 e. The summed E-state index contributed by atoms with van der Waals surface area (Å²) < 4.78 is 16.8. The van der Waals surface area contributed by atoms with Crippen molar-refractivity contribution in [1.29, 1.82) is 0 Å². The Hall–Kier alpha value is -3.01. The second-order valence-electron chi connectivity index (χ2n) is 8.37. The lowest BCUT2D eigenvalue weighted by Crippen LogP contribution is -2.45. The average molecular weight is 465 g/mol. The van der Waals surface area contributed by atoms with Crippen LogP contribution in [0.25, 0.3) is 0 Å². The highest BCUT2D eigenvalue weighted by Crippen LogP contribution is 2.34. The van der Waals surface area contributed by atoms with Crippen LogP contribution in [0.4, 0.5) is 0 Å². The van der Waals surface area contributed by atoms with E-state index in [1.165, 1.54) is 5.56 Å². The van der Waals surface area contributed by atoms with E-state index in [-0.39, 0.29) is 12.1 Å². The summed E-state index contributed by atoms with van der Waals surface area (Å²) in [7, 11) is 5.00. The monoisotopic (exact) mass is 464 g/mol. The zero-order chi connectivity index (χ0) is 24.3. The third-order valence-corrected chi connectivity index (χ3v) is 6.15. The summed E-state index contributed by atoms with van der Waals surface area (Å²) in [4.78, 5) is 17.6. The van der Waals surface area contributed by atoms with Gasteiger partial charge in [0.05, 0.1) is 32.6 Å². The van der Waals surface area contributed by atoms with Gasteiger partial charge in [0, 0.05) is 32.2 Å². The molecule has 1 fully saturated rings. The highest BCUT2D eigenvalue weighted by atomic mass is 16.5. The largest absolute Gasteiger partial charge is 0.493 e. The fourth-order valence-electron chi connectivity index (χ4n) is 4.33. The first kappa shape index (κ1) is 25.6. The fraction of sp³-hybridized carbons (Fsp3) is 0.464. The molecule has 1 aliphatic heterocycles. The predicted octanol–water partition coefficient (Wildman–Crippen LogP) is 4.57. The van der Waals surface area contributed by atoms with E-state index < -0.39 is 0 Å². The van der Waals surface area contributed by atoms with Crippen LogP contribution in [0.1, 0.15) is 54.1 Å². The molecule has 2 aromatic rings. The molecule has 1 saturated heterocycles. The normalized spacial score (nSPS) is 15.5. The first-order chi connectivity index (χ1) is 16.6. The van der Waals surface area contributed by atoms with Crippen LogP contribution in [0, 0.1) is 11.8 Å². The number of hydrogen-bond acceptors (Lipinski definition) is 5. The topological polar surface area (TPSA) is 51.2 Å². The highest BCUT2D eigenvalue weighted by Gasteiger charge is 2.31. The molecule has 182 valence electrons. The number of nitrogens with zero attached hydrogens (tertiary/aromatic N) is 2. The number of likely N-dealkylation sites (tertiary alicyclic amines) is 1. The van der Waals surface area contributed by atoms with E-state index in [0.717, 1.165) is 37.9 Å². The fourth-order valence-corrected chi connectivity index (χ4v) is 4.33. The minimum absolute atomic E-state index is 0.0848. The Labute approximate surface area is 203 Å². The van der Waals surface area contributed by atoms with E-state index in [2.05, 4.69) is 35.8 Å². The standard InChI is InChI=1S/C28H36N2O4/c1-5-30-17-12-16-26(30)29(2)28(31)24-19-23(20-25(32-3)27(24)33-4)15-10-7-11-18-34-21-22-13-8-6-9-14-22/h6,8-9,13-14,19-20,26H,5,7,11-12,16-18,21H2,1-4H3/t26-/m1/s1. The molecule has 1 aliphatic rings. The molecular weight excluding hydrogens is 428 g/mol. The Morgan fingerprint density at radius 2 is 1.97 bits per heavy atom. The molecule has 6 heteroatoms.